The van der Waals surface area contributed by atoms with Gasteiger partial charge in [0.2, 0.25) is 0 Å². The van der Waals surface area contributed by atoms with Crippen molar-refractivity contribution in [1.82, 2.24) is 0 Å². The minimum atomic E-state index is -4.51. The maximum Gasteiger partial charge on any atom is 0.416 e. The maximum absolute atomic E-state index is 14.3. The molecule has 0 amide bonds. The topological polar surface area (TPSA) is 6.48 Å². The zero-order valence-electron chi connectivity index (χ0n) is 34.1. The van der Waals surface area contributed by atoms with Crippen LogP contribution in [0.1, 0.15) is 58.2 Å². The molecule has 2 nitrogen and oxygen atoms in total. The summed E-state index contributed by atoms with van der Waals surface area (Å²) in [6.45, 7) is 13.2. The molecule has 0 spiro atoms. The smallest absolute Gasteiger partial charge is 0.309 e. The Labute approximate surface area is 353 Å². The molecule has 296 valence electrons. The molecule has 6 heteroatoms. The molecule has 0 heterocycles. The first-order valence-electron chi connectivity index (χ1n) is 19.8. The number of alkyl halides is 3. The molecule has 8 aromatic rings. The Morgan fingerprint density at radius 1 is 0.373 bits per heavy atom. The van der Waals surface area contributed by atoms with Gasteiger partial charge in [0.1, 0.15) is 0 Å². The molecule has 0 saturated carbocycles. The van der Waals surface area contributed by atoms with Gasteiger partial charge in [-0.05, 0) is 143 Å². The van der Waals surface area contributed by atoms with Crippen LogP contribution < -0.4 is 9.80 Å². The Morgan fingerprint density at radius 2 is 0.780 bits per heavy atom. The number of hydrogen-bond donors (Lipinski definition) is 0. The van der Waals surface area contributed by atoms with Crippen LogP contribution in [0, 0.1) is 0 Å². The van der Waals surface area contributed by atoms with Crippen LogP contribution in [0.2, 0.25) is 0 Å². The van der Waals surface area contributed by atoms with Crippen molar-refractivity contribution >= 4 is 71.6 Å². The molecule has 0 radical (unpaired) electrons. The molecular weight excluding hydrogens is 801 g/mol. The zero-order valence-corrected chi connectivity index (χ0v) is 35.7. The van der Waals surface area contributed by atoms with Gasteiger partial charge >= 0.3 is 6.18 Å². The van der Waals surface area contributed by atoms with Crippen molar-refractivity contribution < 1.29 is 13.2 Å². The number of rotatable bonds is 7. The molecule has 8 aromatic carbocycles. The number of nitrogens with zero attached hydrogens (tertiary/aromatic N) is 2. The van der Waals surface area contributed by atoms with Gasteiger partial charge < -0.3 is 9.80 Å². The van der Waals surface area contributed by atoms with E-state index in [2.05, 4.69) is 176 Å². The van der Waals surface area contributed by atoms with E-state index in [0.717, 1.165) is 66.2 Å². The van der Waals surface area contributed by atoms with Crippen LogP contribution in [0.4, 0.5) is 47.3 Å². The molecule has 0 aromatic heterocycles. The molecule has 0 saturated heterocycles. The molecule has 0 aliphatic carbocycles. The lowest BCUT2D eigenvalue weighted by Gasteiger charge is -2.33. The Morgan fingerprint density at radius 3 is 1.20 bits per heavy atom. The van der Waals surface area contributed by atoms with Crippen molar-refractivity contribution in [2.45, 2.75) is 58.5 Å². The van der Waals surface area contributed by atoms with Crippen LogP contribution in [0.3, 0.4) is 0 Å². The van der Waals surface area contributed by atoms with E-state index in [1.807, 2.05) is 36.4 Å². The number of benzene rings is 8. The second-order valence-electron chi connectivity index (χ2n) is 17.2. The van der Waals surface area contributed by atoms with E-state index in [4.69, 9.17) is 0 Å². The lowest BCUT2D eigenvalue weighted by molar-refractivity contribution is -0.137. The van der Waals surface area contributed by atoms with Gasteiger partial charge in [0.15, 0.2) is 0 Å². The summed E-state index contributed by atoms with van der Waals surface area (Å²) in [6.07, 6.45) is -4.51. The van der Waals surface area contributed by atoms with Gasteiger partial charge in [-0.25, -0.2) is 0 Å². The predicted octanol–water partition coefficient (Wildman–Crippen LogP) is 17.0. The summed E-state index contributed by atoms with van der Waals surface area (Å²) in [7, 11) is 0. The Kier molecular flexibility index (Phi) is 10.4. The van der Waals surface area contributed by atoms with Crippen molar-refractivity contribution in [3.05, 3.63) is 191 Å². The first-order valence-corrected chi connectivity index (χ1v) is 20.6. The largest absolute Gasteiger partial charge is 0.416 e. The molecule has 0 N–H and O–H groups in total. The highest BCUT2D eigenvalue weighted by Crippen LogP contribution is 2.50. The third-order valence-electron chi connectivity index (χ3n) is 11.0. The van der Waals surface area contributed by atoms with E-state index >= 15 is 0 Å². The highest BCUT2D eigenvalue weighted by Gasteiger charge is 2.31. The van der Waals surface area contributed by atoms with Crippen LogP contribution >= 0.6 is 15.9 Å². The molecule has 8 rings (SSSR count). The quantitative estimate of drug-likeness (QED) is 0.158. The Balaban J connectivity index is 1.44. The van der Waals surface area contributed by atoms with Gasteiger partial charge in [-0.1, -0.05) is 139 Å². The molecule has 0 bridgehead atoms. The van der Waals surface area contributed by atoms with Gasteiger partial charge in [0.25, 0.3) is 0 Å². The summed E-state index contributed by atoms with van der Waals surface area (Å²) in [6, 6.07) is 56.0. The lowest BCUT2D eigenvalue weighted by Crippen LogP contribution is -2.16. The molecule has 0 unspecified atom stereocenters. The summed E-state index contributed by atoms with van der Waals surface area (Å²) in [5, 5.41) is 4.35. The summed E-state index contributed by atoms with van der Waals surface area (Å²) in [4.78, 5) is 4.40. The fourth-order valence-electron chi connectivity index (χ4n) is 7.67. The van der Waals surface area contributed by atoms with Crippen LogP contribution in [0.5, 0.6) is 0 Å². The van der Waals surface area contributed by atoms with Crippen molar-refractivity contribution in [2.24, 2.45) is 0 Å². The second kappa shape index (κ2) is 15.4. The van der Waals surface area contributed by atoms with E-state index in [1.165, 1.54) is 23.3 Å². The number of anilines is 6. The van der Waals surface area contributed by atoms with Crippen molar-refractivity contribution in [1.29, 1.82) is 0 Å². The van der Waals surface area contributed by atoms with Gasteiger partial charge in [0, 0.05) is 22.7 Å². The van der Waals surface area contributed by atoms with Crippen LogP contribution in [0.25, 0.3) is 32.7 Å². The number of fused-ring (bicyclic) bond motifs is 2. The van der Waals surface area contributed by atoms with Crippen molar-refractivity contribution in [2.75, 3.05) is 9.80 Å². The Hall–Kier alpha value is -5.85. The van der Waals surface area contributed by atoms with E-state index in [1.54, 1.807) is 6.07 Å². The molecular formula is C53H46BrF3N2. The SMILES string of the molecule is CC(C)(C)c1ccc(N(c2ccc(C(C)(C)C)cc2)c2cc(-c3cccc(C(F)(F)F)c3)cc(N(c3ccc4ccccc4c3)c3ccc4ccccc4c3)c2Br)cc1. The lowest BCUT2D eigenvalue weighted by atomic mass is 9.86. The predicted molar refractivity (Wildman–Crippen MR) is 246 cm³/mol. The Bertz CT molecular complexity index is 2660. The first kappa shape index (κ1) is 40.0. The van der Waals surface area contributed by atoms with E-state index in [9.17, 15) is 13.2 Å². The average molecular weight is 848 g/mol. The van der Waals surface area contributed by atoms with Gasteiger partial charge in [-0.15, -0.1) is 0 Å². The minimum Gasteiger partial charge on any atom is -0.309 e. The van der Waals surface area contributed by atoms with Crippen molar-refractivity contribution in [3.8, 4) is 11.1 Å². The van der Waals surface area contributed by atoms with Gasteiger partial charge in [-0.2, -0.15) is 13.2 Å². The first-order chi connectivity index (χ1) is 28.0. The van der Waals surface area contributed by atoms with Crippen LogP contribution in [0.15, 0.2) is 174 Å². The summed E-state index contributed by atoms with van der Waals surface area (Å²) < 4.78 is 43.7. The van der Waals surface area contributed by atoms with E-state index in [0.29, 0.717) is 11.1 Å². The average Bonchev–Trinajstić information content (AvgIpc) is 3.21. The van der Waals surface area contributed by atoms with Crippen LogP contribution in [-0.4, -0.2) is 0 Å². The minimum absolute atomic E-state index is 0.0604. The molecule has 0 aliphatic rings. The second-order valence-corrected chi connectivity index (χ2v) is 18.0. The normalized spacial score (nSPS) is 12.2. The monoisotopic (exact) mass is 846 g/mol. The van der Waals surface area contributed by atoms with E-state index < -0.39 is 11.7 Å². The number of hydrogen-bond acceptors (Lipinski definition) is 2. The highest BCUT2D eigenvalue weighted by atomic mass is 79.9. The standard InChI is InChI=1S/C53H46BrF3N2/c1-51(2,3)41-20-26-44(27-21-41)58(45-28-22-42(23-29-45)52(4,5)6)48-33-40(37-16-11-17-43(30-37)53(55,56)57)34-49(50(48)54)59(46-24-18-35-12-7-9-14-38(35)31-46)47-25-19-36-13-8-10-15-39(36)32-47/h7-34H,1-6H3. The summed E-state index contributed by atoms with van der Waals surface area (Å²) in [5.41, 5.74) is 7.84. The molecule has 0 aliphatic heterocycles. The molecule has 0 atom stereocenters. The third-order valence-corrected chi connectivity index (χ3v) is 11.8. The maximum atomic E-state index is 14.3. The van der Waals surface area contributed by atoms with Gasteiger partial charge in [-0.3, -0.25) is 0 Å². The molecule has 0 fully saturated rings. The van der Waals surface area contributed by atoms with Gasteiger partial charge in [0.05, 0.1) is 21.4 Å². The van der Waals surface area contributed by atoms with Crippen LogP contribution in [-0.2, 0) is 17.0 Å². The van der Waals surface area contributed by atoms with E-state index in [-0.39, 0.29) is 10.8 Å². The summed E-state index contributed by atoms with van der Waals surface area (Å²) in [5.74, 6) is 0. The third kappa shape index (κ3) is 8.24. The highest BCUT2D eigenvalue weighted by molar-refractivity contribution is 9.10. The number of halogens is 4. The fraction of sp³-hybridized carbons (Fsp3) is 0.170. The fourth-order valence-corrected chi connectivity index (χ4v) is 8.25. The summed E-state index contributed by atoms with van der Waals surface area (Å²) >= 11 is 4.15. The molecule has 59 heavy (non-hydrogen) atoms. The van der Waals surface area contributed by atoms with Crippen molar-refractivity contribution in [3.63, 3.8) is 0 Å². The zero-order chi connectivity index (χ0) is 41.7.